The maximum Gasteiger partial charge on any atom is 0.221 e. The second kappa shape index (κ2) is 8.05. The third-order valence-electron chi connectivity index (χ3n) is 3.54. The van der Waals surface area contributed by atoms with Crippen LogP contribution < -0.4 is 10.6 Å². The Bertz CT molecular complexity index is 438. The molecule has 1 heterocycles. The highest BCUT2D eigenvalue weighted by atomic mass is 79.9. The summed E-state index contributed by atoms with van der Waals surface area (Å²) in [6, 6.07) is 8.53. The first-order chi connectivity index (χ1) is 9.65. The molecule has 2 N–H and O–H groups in total. The highest BCUT2D eigenvalue weighted by molar-refractivity contribution is 9.10. The van der Waals surface area contributed by atoms with E-state index in [0.29, 0.717) is 18.4 Å². The van der Waals surface area contributed by atoms with Crippen LogP contribution in [-0.4, -0.2) is 30.8 Å². The van der Waals surface area contributed by atoms with Gasteiger partial charge in [-0.2, -0.15) is 0 Å². The maximum atomic E-state index is 11.9. The van der Waals surface area contributed by atoms with E-state index in [2.05, 4.69) is 45.6 Å². The van der Waals surface area contributed by atoms with Gasteiger partial charge in [0.2, 0.25) is 5.91 Å². The van der Waals surface area contributed by atoms with E-state index < -0.39 is 0 Å². The molecule has 2 rings (SSSR count). The van der Waals surface area contributed by atoms with Gasteiger partial charge < -0.3 is 10.6 Å². The lowest BCUT2D eigenvalue weighted by Gasteiger charge is -2.30. The monoisotopic (exact) mass is 356 g/mol. The number of hydrogen-bond donors (Lipinski definition) is 2. The van der Waals surface area contributed by atoms with Crippen molar-refractivity contribution in [1.82, 2.24) is 10.6 Å². The zero-order valence-corrected chi connectivity index (χ0v) is 14.1. The second-order valence-corrected chi connectivity index (χ2v) is 7.28. The molecule has 0 saturated carbocycles. The number of rotatable bonds is 5. The third-order valence-corrected chi connectivity index (χ3v) is 5.09. The number of benzene rings is 1. The molecule has 3 nitrogen and oxygen atoms in total. The van der Waals surface area contributed by atoms with Crippen LogP contribution in [0.3, 0.4) is 0 Å². The number of piperidine rings is 1. The van der Waals surface area contributed by atoms with Crippen LogP contribution in [0.15, 0.2) is 33.6 Å². The Hall–Kier alpha value is -0.520. The van der Waals surface area contributed by atoms with E-state index >= 15 is 0 Å². The quantitative estimate of drug-likeness (QED) is 0.796. The number of hydrogen-bond acceptors (Lipinski definition) is 3. The molecule has 2 atom stereocenters. The number of thioether (sulfide) groups is 1. The lowest BCUT2D eigenvalue weighted by Crippen LogP contribution is -2.48. The normalized spacial score (nSPS) is 22.5. The first kappa shape index (κ1) is 15.9. The summed E-state index contributed by atoms with van der Waals surface area (Å²) in [5.41, 5.74) is 0. The molecule has 1 fully saturated rings. The molecule has 1 aliphatic rings. The second-order valence-electron chi connectivity index (χ2n) is 5.20. The average Bonchev–Trinajstić information content (AvgIpc) is 2.44. The minimum absolute atomic E-state index is 0.174. The molecule has 1 aromatic carbocycles. The van der Waals surface area contributed by atoms with E-state index in [-0.39, 0.29) is 5.91 Å². The first-order valence-electron chi connectivity index (χ1n) is 7.03. The van der Waals surface area contributed by atoms with Crippen LogP contribution in [0.25, 0.3) is 0 Å². The molecule has 1 amide bonds. The minimum atomic E-state index is 0.174. The molecule has 1 aromatic rings. The Kier molecular flexibility index (Phi) is 6.39. The molecule has 110 valence electrons. The molecule has 0 spiro atoms. The van der Waals surface area contributed by atoms with Crippen LogP contribution in [0, 0.1) is 5.92 Å². The van der Waals surface area contributed by atoms with Crippen LogP contribution >= 0.6 is 27.7 Å². The van der Waals surface area contributed by atoms with Crippen molar-refractivity contribution in [1.29, 1.82) is 0 Å². The lowest BCUT2D eigenvalue weighted by atomic mass is 9.95. The van der Waals surface area contributed by atoms with E-state index in [1.54, 1.807) is 11.8 Å². The summed E-state index contributed by atoms with van der Waals surface area (Å²) in [4.78, 5) is 13.2. The van der Waals surface area contributed by atoms with Gasteiger partial charge in [0, 0.05) is 27.6 Å². The van der Waals surface area contributed by atoms with Gasteiger partial charge in [0.25, 0.3) is 0 Å². The standard InChI is InChI=1S/C15H21BrN2OS/c1-11-10-17-8-6-14(11)18-15(19)7-9-20-13-4-2-12(16)3-5-13/h2-5,11,14,17H,6-10H2,1H3,(H,18,19). The summed E-state index contributed by atoms with van der Waals surface area (Å²) in [5.74, 6) is 1.52. The summed E-state index contributed by atoms with van der Waals surface area (Å²) in [6.45, 7) is 4.19. The van der Waals surface area contributed by atoms with Crippen molar-refractivity contribution in [3.63, 3.8) is 0 Å². The summed E-state index contributed by atoms with van der Waals surface area (Å²) >= 11 is 5.15. The number of halogens is 1. The summed E-state index contributed by atoms with van der Waals surface area (Å²) in [6.07, 6.45) is 1.62. The number of carbonyl (C=O) groups is 1. The zero-order valence-electron chi connectivity index (χ0n) is 11.7. The van der Waals surface area contributed by atoms with E-state index in [1.807, 2.05) is 12.1 Å². The zero-order chi connectivity index (χ0) is 14.4. The Balaban J connectivity index is 1.68. The van der Waals surface area contributed by atoms with Crippen molar-refractivity contribution < 1.29 is 4.79 Å². The summed E-state index contributed by atoms with van der Waals surface area (Å²) < 4.78 is 1.08. The number of nitrogens with one attached hydrogen (secondary N) is 2. The Morgan fingerprint density at radius 3 is 2.90 bits per heavy atom. The van der Waals surface area contributed by atoms with Gasteiger partial charge in [0.15, 0.2) is 0 Å². The molecule has 0 radical (unpaired) electrons. The maximum absolute atomic E-state index is 11.9. The Labute approximate surface area is 133 Å². The van der Waals surface area contributed by atoms with Crippen molar-refractivity contribution in [2.45, 2.75) is 30.7 Å². The SMILES string of the molecule is CC1CNCCC1NC(=O)CCSc1ccc(Br)cc1. The first-order valence-corrected chi connectivity index (χ1v) is 8.81. The smallest absolute Gasteiger partial charge is 0.221 e. The molecule has 0 aliphatic carbocycles. The molecule has 2 unspecified atom stereocenters. The summed E-state index contributed by atoms with van der Waals surface area (Å²) in [5, 5.41) is 6.51. The van der Waals surface area contributed by atoms with Gasteiger partial charge in [-0.15, -0.1) is 11.8 Å². The molecule has 0 aromatic heterocycles. The molecular weight excluding hydrogens is 336 g/mol. The van der Waals surface area contributed by atoms with Gasteiger partial charge in [0.1, 0.15) is 0 Å². The molecular formula is C15H21BrN2OS. The molecule has 5 heteroatoms. The minimum Gasteiger partial charge on any atom is -0.353 e. The van der Waals surface area contributed by atoms with Crippen LogP contribution in [0.1, 0.15) is 19.8 Å². The predicted octanol–water partition coefficient (Wildman–Crippen LogP) is 3.05. The lowest BCUT2D eigenvalue weighted by molar-refractivity contribution is -0.121. The van der Waals surface area contributed by atoms with Crippen LogP contribution in [-0.2, 0) is 4.79 Å². The summed E-state index contributed by atoms with van der Waals surface area (Å²) in [7, 11) is 0. The fourth-order valence-electron chi connectivity index (χ4n) is 2.30. The molecule has 0 bridgehead atoms. The molecule has 1 saturated heterocycles. The molecule has 20 heavy (non-hydrogen) atoms. The highest BCUT2D eigenvalue weighted by Crippen LogP contribution is 2.21. The van der Waals surface area contributed by atoms with Gasteiger partial charge in [-0.05, 0) is 49.7 Å². The van der Waals surface area contributed by atoms with E-state index in [1.165, 1.54) is 4.90 Å². The topological polar surface area (TPSA) is 41.1 Å². The van der Waals surface area contributed by atoms with Gasteiger partial charge >= 0.3 is 0 Å². The number of carbonyl (C=O) groups excluding carboxylic acids is 1. The fraction of sp³-hybridized carbons (Fsp3) is 0.533. The third kappa shape index (κ3) is 5.11. The van der Waals surface area contributed by atoms with Gasteiger partial charge in [0.05, 0.1) is 0 Å². The van der Waals surface area contributed by atoms with Crippen molar-refractivity contribution in [2.75, 3.05) is 18.8 Å². The number of amides is 1. The van der Waals surface area contributed by atoms with Gasteiger partial charge in [-0.1, -0.05) is 22.9 Å². The van der Waals surface area contributed by atoms with E-state index in [4.69, 9.17) is 0 Å². The van der Waals surface area contributed by atoms with E-state index in [0.717, 1.165) is 29.7 Å². The van der Waals surface area contributed by atoms with Crippen LogP contribution in [0.2, 0.25) is 0 Å². The van der Waals surface area contributed by atoms with E-state index in [9.17, 15) is 4.79 Å². The van der Waals surface area contributed by atoms with Gasteiger partial charge in [-0.25, -0.2) is 0 Å². The fourth-order valence-corrected chi connectivity index (χ4v) is 3.42. The Morgan fingerprint density at radius 1 is 1.45 bits per heavy atom. The van der Waals surface area contributed by atoms with Crippen molar-refractivity contribution in [3.8, 4) is 0 Å². The average molecular weight is 357 g/mol. The predicted molar refractivity (Wildman–Crippen MR) is 88.1 cm³/mol. The Morgan fingerprint density at radius 2 is 2.20 bits per heavy atom. The highest BCUT2D eigenvalue weighted by Gasteiger charge is 2.22. The van der Waals surface area contributed by atoms with Crippen LogP contribution in [0.5, 0.6) is 0 Å². The van der Waals surface area contributed by atoms with Crippen LogP contribution in [0.4, 0.5) is 0 Å². The van der Waals surface area contributed by atoms with Crippen molar-refractivity contribution in [3.05, 3.63) is 28.7 Å². The van der Waals surface area contributed by atoms with Gasteiger partial charge in [-0.3, -0.25) is 4.79 Å². The largest absolute Gasteiger partial charge is 0.353 e. The van der Waals surface area contributed by atoms with Crippen molar-refractivity contribution in [2.24, 2.45) is 5.92 Å². The van der Waals surface area contributed by atoms with Crippen molar-refractivity contribution >= 4 is 33.6 Å². The molecule has 1 aliphatic heterocycles.